The van der Waals surface area contributed by atoms with Gasteiger partial charge in [0.25, 0.3) is 0 Å². The molecule has 0 aliphatic rings. The Labute approximate surface area is 92.9 Å². The van der Waals surface area contributed by atoms with E-state index in [0.29, 0.717) is 0 Å². The predicted molar refractivity (Wildman–Crippen MR) is 52.0 cm³/mol. The van der Waals surface area contributed by atoms with Crippen LogP contribution in [0.1, 0.15) is 26.7 Å². The third kappa shape index (κ3) is 5.63. The molecule has 0 saturated carbocycles. The van der Waals surface area contributed by atoms with Gasteiger partial charge < -0.3 is 9.47 Å². The number of alkyl halides is 2. The molecule has 0 saturated heterocycles. The van der Waals surface area contributed by atoms with Crippen molar-refractivity contribution < 1.29 is 27.8 Å². The summed E-state index contributed by atoms with van der Waals surface area (Å²) < 4.78 is 33.2. The van der Waals surface area contributed by atoms with Gasteiger partial charge in [-0.15, -0.1) is 0 Å². The molecule has 0 bridgehead atoms. The molecule has 6 heteroatoms. The monoisotopic (exact) mass is 238 g/mol. The summed E-state index contributed by atoms with van der Waals surface area (Å²) in [5, 5.41) is 0. The van der Waals surface area contributed by atoms with Gasteiger partial charge in [-0.2, -0.15) is 0 Å². The highest BCUT2D eigenvalue weighted by Gasteiger charge is 2.30. The van der Waals surface area contributed by atoms with Gasteiger partial charge in [-0.05, 0) is 20.3 Å². The lowest BCUT2D eigenvalue weighted by Crippen LogP contribution is -2.28. The minimum absolute atomic E-state index is 0.101. The zero-order valence-electron chi connectivity index (χ0n) is 9.37. The van der Waals surface area contributed by atoms with Crippen molar-refractivity contribution >= 4 is 11.9 Å². The number of rotatable bonds is 7. The largest absolute Gasteiger partial charge is 0.465 e. The van der Waals surface area contributed by atoms with Crippen LogP contribution >= 0.6 is 0 Å². The molecule has 0 N–H and O–H groups in total. The minimum Gasteiger partial charge on any atom is -0.465 e. The van der Waals surface area contributed by atoms with Crippen LogP contribution in [0.25, 0.3) is 0 Å². The highest BCUT2D eigenvalue weighted by Crippen LogP contribution is 2.15. The SMILES string of the molecule is CCOC(=O)C(CCC(F)F)C(=O)OCC. The van der Waals surface area contributed by atoms with Gasteiger partial charge in [-0.25, -0.2) is 8.78 Å². The lowest BCUT2D eigenvalue weighted by Gasteiger charge is -2.13. The molecule has 0 aromatic rings. The summed E-state index contributed by atoms with van der Waals surface area (Å²) in [4.78, 5) is 22.6. The van der Waals surface area contributed by atoms with Crippen molar-refractivity contribution in [2.24, 2.45) is 5.92 Å². The molecule has 0 atom stereocenters. The van der Waals surface area contributed by atoms with E-state index >= 15 is 0 Å². The molecule has 0 heterocycles. The van der Waals surface area contributed by atoms with Crippen LogP contribution in [0, 0.1) is 5.92 Å². The molecule has 0 unspecified atom stereocenters. The molecule has 0 aliphatic heterocycles. The summed E-state index contributed by atoms with van der Waals surface area (Å²) in [6.45, 7) is 3.35. The first-order valence-electron chi connectivity index (χ1n) is 5.14. The Balaban J connectivity index is 4.37. The normalized spacial score (nSPS) is 10.6. The summed E-state index contributed by atoms with van der Waals surface area (Å²) in [7, 11) is 0. The molecule has 4 nitrogen and oxygen atoms in total. The molecule has 0 aromatic carbocycles. The summed E-state index contributed by atoms with van der Waals surface area (Å²) in [6, 6.07) is 0. The number of hydrogen-bond acceptors (Lipinski definition) is 4. The van der Waals surface area contributed by atoms with Crippen LogP contribution in [0.4, 0.5) is 8.78 Å². The van der Waals surface area contributed by atoms with Crippen LogP contribution in [-0.4, -0.2) is 31.6 Å². The van der Waals surface area contributed by atoms with E-state index in [-0.39, 0.29) is 19.6 Å². The highest BCUT2D eigenvalue weighted by atomic mass is 19.3. The van der Waals surface area contributed by atoms with Gasteiger partial charge in [0.15, 0.2) is 5.92 Å². The van der Waals surface area contributed by atoms with E-state index in [1.165, 1.54) is 0 Å². The van der Waals surface area contributed by atoms with Gasteiger partial charge in [-0.3, -0.25) is 9.59 Å². The number of halogens is 2. The smallest absolute Gasteiger partial charge is 0.320 e. The van der Waals surface area contributed by atoms with Crippen LogP contribution in [0.2, 0.25) is 0 Å². The molecule has 0 aliphatic carbocycles. The summed E-state index contributed by atoms with van der Waals surface area (Å²) in [5.41, 5.74) is 0. The lowest BCUT2D eigenvalue weighted by atomic mass is 10.0. The fourth-order valence-corrected chi connectivity index (χ4v) is 1.11. The van der Waals surface area contributed by atoms with E-state index in [9.17, 15) is 18.4 Å². The van der Waals surface area contributed by atoms with E-state index in [2.05, 4.69) is 9.47 Å². The first-order chi connectivity index (χ1) is 7.52. The molecular weight excluding hydrogens is 222 g/mol. The van der Waals surface area contributed by atoms with Crippen molar-refractivity contribution in [2.75, 3.05) is 13.2 Å². The third-order valence-electron chi connectivity index (χ3n) is 1.82. The average Bonchev–Trinajstić information content (AvgIpc) is 2.18. The summed E-state index contributed by atoms with van der Waals surface area (Å²) >= 11 is 0. The Hall–Kier alpha value is -1.20. The second kappa shape index (κ2) is 8.01. The number of esters is 2. The van der Waals surface area contributed by atoms with Crippen LogP contribution in [0.5, 0.6) is 0 Å². The molecule has 0 radical (unpaired) electrons. The van der Waals surface area contributed by atoms with E-state index in [4.69, 9.17) is 0 Å². The fraction of sp³-hybridized carbons (Fsp3) is 0.800. The number of carbonyl (C=O) groups excluding carboxylic acids is 2. The minimum atomic E-state index is -2.55. The Bertz CT molecular complexity index is 213. The predicted octanol–water partition coefficient (Wildman–Crippen LogP) is 1.77. The molecule has 0 spiro atoms. The van der Waals surface area contributed by atoms with Crippen LogP contribution in [-0.2, 0) is 19.1 Å². The van der Waals surface area contributed by atoms with Gasteiger partial charge >= 0.3 is 11.9 Å². The lowest BCUT2D eigenvalue weighted by molar-refractivity contribution is -0.162. The average molecular weight is 238 g/mol. The second-order valence-electron chi connectivity index (χ2n) is 3.03. The van der Waals surface area contributed by atoms with Crippen LogP contribution < -0.4 is 0 Å². The molecule has 0 amide bonds. The van der Waals surface area contributed by atoms with E-state index in [0.717, 1.165) is 0 Å². The Kier molecular flexibility index (Phi) is 7.41. The molecule has 0 aromatic heterocycles. The molecular formula is C10H16F2O4. The Morgan fingerprint density at radius 2 is 1.44 bits per heavy atom. The number of ether oxygens (including phenoxy) is 2. The summed E-state index contributed by atoms with van der Waals surface area (Å²) in [5.74, 6) is -2.85. The van der Waals surface area contributed by atoms with Gasteiger partial charge in [0, 0.05) is 6.42 Å². The zero-order chi connectivity index (χ0) is 12.6. The summed E-state index contributed by atoms with van der Waals surface area (Å²) in [6.07, 6.45) is -3.33. The Morgan fingerprint density at radius 3 is 1.75 bits per heavy atom. The first-order valence-corrected chi connectivity index (χ1v) is 5.14. The van der Waals surface area contributed by atoms with Gasteiger partial charge in [0.05, 0.1) is 13.2 Å². The van der Waals surface area contributed by atoms with Crippen molar-refractivity contribution in [3.8, 4) is 0 Å². The van der Waals surface area contributed by atoms with E-state index < -0.39 is 30.7 Å². The van der Waals surface area contributed by atoms with Gasteiger partial charge in [0.2, 0.25) is 6.43 Å². The van der Waals surface area contributed by atoms with Crippen LogP contribution in [0.3, 0.4) is 0 Å². The van der Waals surface area contributed by atoms with Crippen molar-refractivity contribution in [1.82, 2.24) is 0 Å². The fourth-order valence-electron chi connectivity index (χ4n) is 1.11. The third-order valence-corrected chi connectivity index (χ3v) is 1.82. The standard InChI is InChI=1S/C10H16F2O4/c1-3-15-9(13)7(5-6-8(11)12)10(14)16-4-2/h7-8H,3-6H2,1-2H3. The highest BCUT2D eigenvalue weighted by molar-refractivity contribution is 5.94. The van der Waals surface area contributed by atoms with Crippen LogP contribution in [0.15, 0.2) is 0 Å². The van der Waals surface area contributed by atoms with E-state index in [1.807, 2.05) is 0 Å². The van der Waals surface area contributed by atoms with Crippen molar-refractivity contribution in [3.05, 3.63) is 0 Å². The van der Waals surface area contributed by atoms with E-state index in [1.54, 1.807) is 13.8 Å². The molecule has 94 valence electrons. The number of carbonyl (C=O) groups is 2. The van der Waals surface area contributed by atoms with Crippen molar-refractivity contribution in [3.63, 3.8) is 0 Å². The number of hydrogen-bond donors (Lipinski definition) is 0. The molecule has 0 fully saturated rings. The maximum atomic E-state index is 12.0. The Morgan fingerprint density at radius 1 is 1.00 bits per heavy atom. The van der Waals surface area contributed by atoms with Gasteiger partial charge in [0.1, 0.15) is 0 Å². The first kappa shape index (κ1) is 14.8. The second-order valence-corrected chi connectivity index (χ2v) is 3.03. The quantitative estimate of drug-likeness (QED) is 0.501. The maximum absolute atomic E-state index is 12.0. The van der Waals surface area contributed by atoms with Crippen molar-refractivity contribution in [2.45, 2.75) is 33.1 Å². The maximum Gasteiger partial charge on any atom is 0.320 e. The molecule has 0 rings (SSSR count). The zero-order valence-corrected chi connectivity index (χ0v) is 9.37. The van der Waals surface area contributed by atoms with Crippen molar-refractivity contribution in [1.29, 1.82) is 0 Å². The van der Waals surface area contributed by atoms with Gasteiger partial charge in [-0.1, -0.05) is 0 Å². The molecule has 16 heavy (non-hydrogen) atoms. The topological polar surface area (TPSA) is 52.6 Å².